The van der Waals surface area contributed by atoms with E-state index < -0.39 is 17.7 Å². The van der Waals surface area contributed by atoms with E-state index in [1.807, 2.05) is 13.8 Å². The Kier molecular flexibility index (Phi) is 6.97. The molecule has 0 spiro atoms. The van der Waals surface area contributed by atoms with E-state index in [1.165, 1.54) is 4.90 Å². The molecule has 1 fully saturated rings. The molecule has 2 aromatic carbocycles. The zero-order valence-electron chi connectivity index (χ0n) is 17.9. The van der Waals surface area contributed by atoms with Gasteiger partial charge in [-0.3, -0.25) is 9.59 Å². The molecule has 1 heterocycles. The van der Waals surface area contributed by atoms with E-state index in [0.717, 1.165) is 0 Å². The number of amides is 1. The number of aliphatic hydroxyl groups excluding tert-OH is 2. The van der Waals surface area contributed by atoms with Crippen LogP contribution in [-0.2, 0) is 9.59 Å². The lowest BCUT2D eigenvalue weighted by molar-refractivity contribution is -0.140. The van der Waals surface area contributed by atoms with E-state index in [9.17, 15) is 19.8 Å². The topological polar surface area (TPSA) is 96.3 Å². The highest BCUT2D eigenvalue weighted by Crippen LogP contribution is 2.39. The molecule has 1 aliphatic rings. The summed E-state index contributed by atoms with van der Waals surface area (Å²) in [6, 6.07) is 12.8. The lowest BCUT2D eigenvalue weighted by Crippen LogP contribution is -2.32. The van der Waals surface area contributed by atoms with Gasteiger partial charge in [-0.05, 0) is 47.9 Å². The zero-order chi connectivity index (χ0) is 22.5. The van der Waals surface area contributed by atoms with E-state index >= 15 is 0 Å². The van der Waals surface area contributed by atoms with Gasteiger partial charge in [0.05, 0.1) is 31.9 Å². The fourth-order valence-electron chi connectivity index (χ4n) is 3.48. The van der Waals surface area contributed by atoms with Crippen LogP contribution in [0.15, 0.2) is 54.1 Å². The first-order chi connectivity index (χ1) is 14.9. The molecule has 0 aromatic heterocycles. The number of carbonyl (C=O) groups is 2. The monoisotopic (exact) mass is 425 g/mol. The number of ether oxygens (including phenoxy) is 2. The lowest BCUT2D eigenvalue weighted by atomic mass is 9.95. The standard InChI is InChI=1S/C24H27NO6/c1-15(2)14-31-19-10-6-17(7-11-19)22(27)20-21(16-4-8-18(30-3)9-5-16)25(12-13-26)24(29)23(20)28/h4-11,15,21,26-27H,12-14H2,1-3H3/t21-/m0/s1. The molecule has 2 N–H and O–H groups in total. The number of likely N-dealkylation sites (tertiary alicyclic amines) is 1. The van der Waals surface area contributed by atoms with Gasteiger partial charge >= 0.3 is 0 Å². The Labute approximate surface area is 181 Å². The number of carbonyl (C=O) groups excluding carboxylic acids is 2. The minimum Gasteiger partial charge on any atom is -0.507 e. The predicted molar refractivity (Wildman–Crippen MR) is 116 cm³/mol. The average molecular weight is 425 g/mol. The van der Waals surface area contributed by atoms with Gasteiger partial charge in [0.15, 0.2) is 0 Å². The predicted octanol–water partition coefficient (Wildman–Crippen LogP) is 3.14. The van der Waals surface area contributed by atoms with Gasteiger partial charge in [-0.1, -0.05) is 26.0 Å². The summed E-state index contributed by atoms with van der Waals surface area (Å²) in [5.74, 6) is -0.159. The zero-order valence-corrected chi connectivity index (χ0v) is 17.9. The van der Waals surface area contributed by atoms with Gasteiger partial charge < -0.3 is 24.6 Å². The van der Waals surface area contributed by atoms with Crippen LogP contribution in [0.5, 0.6) is 11.5 Å². The van der Waals surface area contributed by atoms with Gasteiger partial charge in [-0.25, -0.2) is 0 Å². The third kappa shape index (κ3) is 4.72. The van der Waals surface area contributed by atoms with Crippen LogP contribution in [-0.4, -0.2) is 53.7 Å². The van der Waals surface area contributed by atoms with E-state index in [4.69, 9.17) is 9.47 Å². The molecule has 2 aromatic rings. The summed E-state index contributed by atoms with van der Waals surface area (Å²) in [6.45, 7) is 4.33. The molecule has 0 saturated carbocycles. The summed E-state index contributed by atoms with van der Waals surface area (Å²) >= 11 is 0. The molecular formula is C24H27NO6. The van der Waals surface area contributed by atoms with Crippen LogP contribution in [0, 0.1) is 5.92 Å². The minimum atomic E-state index is -0.810. The Morgan fingerprint density at radius 1 is 1.03 bits per heavy atom. The maximum absolute atomic E-state index is 12.8. The number of ketones is 1. The molecule has 0 unspecified atom stereocenters. The van der Waals surface area contributed by atoms with Crippen molar-refractivity contribution in [3.05, 3.63) is 65.2 Å². The fraction of sp³-hybridized carbons (Fsp3) is 0.333. The summed E-state index contributed by atoms with van der Waals surface area (Å²) < 4.78 is 10.8. The Morgan fingerprint density at radius 3 is 2.19 bits per heavy atom. The van der Waals surface area contributed by atoms with Crippen molar-refractivity contribution in [2.75, 3.05) is 26.9 Å². The van der Waals surface area contributed by atoms with Crippen molar-refractivity contribution in [2.45, 2.75) is 19.9 Å². The van der Waals surface area contributed by atoms with Crippen LogP contribution in [0.25, 0.3) is 5.76 Å². The van der Waals surface area contributed by atoms with Gasteiger partial charge in [0, 0.05) is 12.1 Å². The van der Waals surface area contributed by atoms with Crippen LogP contribution in [0.2, 0.25) is 0 Å². The second-order valence-electron chi connectivity index (χ2n) is 7.72. The number of β-amino-alcohol motifs (C(OH)–C–C–N with tert-alkyl or cyclic N) is 1. The highest BCUT2D eigenvalue weighted by atomic mass is 16.5. The third-order valence-corrected chi connectivity index (χ3v) is 5.02. The number of Topliss-reactive ketones (excluding diaryl/α,β-unsaturated/α-hetero) is 1. The average Bonchev–Trinajstić information content (AvgIpc) is 3.03. The molecule has 1 atom stereocenters. The van der Waals surface area contributed by atoms with E-state index in [1.54, 1.807) is 55.6 Å². The summed E-state index contributed by atoms with van der Waals surface area (Å²) in [5, 5.41) is 20.4. The number of methoxy groups -OCH3 is 1. The largest absolute Gasteiger partial charge is 0.507 e. The highest BCUT2D eigenvalue weighted by molar-refractivity contribution is 6.46. The van der Waals surface area contributed by atoms with Crippen molar-refractivity contribution in [1.82, 2.24) is 4.90 Å². The Bertz CT molecular complexity index is 963. The molecule has 164 valence electrons. The minimum absolute atomic E-state index is 0.0144. The first kappa shape index (κ1) is 22.4. The molecule has 7 heteroatoms. The normalized spacial score (nSPS) is 18.0. The maximum Gasteiger partial charge on any atom is 0.295 e. The Balaban J connectivity index is 2.02. The first-order valence-electron chi connectivity index (χ1n) is 10.1. The highest BCUT2D eigenvalue weighted by Gasteiger charge is 2.45. The number of hydrogen-bond donors (Lipinski definition) is 2. The number of rotatable bonds is 8. The lowest BCUT2D eigenvalue weighted by Gasteiger charge is -2.24. The van der Waals surface area contributed by atoms with Crippen molar-refractivity contribution in [3.8, 4) is 11.5 Å². The summed E-state index contributed by atoms with van der Waals surface area (Å²) in [4.78, 5) is 26.7. The fourth-order valence-corrected chi connectivity index (χ4v) is 3.48. The summed E-state index contributed by atoms with van der Waals surface area (Å²) in [7, 11) is 1.54. The second-order valence-corrected chi connectivity index (χ2v) is 7.72. The van der Waals surface area contributed by atoms with Crippen molar-refractivity contribution < 1.29 is 29.3 Å². The summed E-state index contributed by atoms with van der Waals surface area (Å²) in [6.07, 6.45) is 0. The molecule has 31 heavy (non-hydrogen) atoms. The molecule has 1 saturated heterocycles. The molecule has 1 amide bonds. The number of hydrogen-bond acceptors (Lipinski definition) is 6. The molecule has 7 nitrogen and oxygen atoms in total. The van der Waals surface area contributed by atoms with Crippen LogP contribution in [0.1, 0.15) is 31.0 Å². The Morgan fingerprint density at radius 2 is 1.65 bits per heavy atom. The maximum atomic E-state index is 12.8. The first-order valence-corrected chi connectivity index (χ1v) is 10.1. The smallest absolute Gasteiger partial charge is 0.295 e. The number of nitrogens with zero attached hydrogens (tertiary/aromatic N) is 1. The summed E-state index contributed by atoms with van der Waals surface area (Å²) in [5.41, 5.74) is 1.02. The number of aliphatic hydroxyl groups is 2. The van der Waals surface area contributed by atoms with Crippen LogP contribution in [0.3, 0.4) is 0 Å². The third-order valence-electron chi connectivity index (χ3n) is 5.02. The van der Waals surface area contributed by atoms with Crippen molar-refractivity contribution in [1.29, 1.82) is 0 Å². The molecular weight excluding hydrogens is 398 g/mol. The molecule has 0 radical (unpaired) electrons. The van der Waals surface area contributed by atoms with Gasteiger partial charge in [0.25, 0.3) is 11.7 Å². The SMILES string of the molecule is COc1ccc([C@H]2C(=C(O)c3ccc(OCC(C)C)cc3)C(=O)C(=O)N2CCO)cc1. The van der Waals surface area contributed by atoms with Crippen molar-refractivity contribution >= 4 is 17.4 Å². The van der Waals surface area contributed by atoms with Crippen molar-refractivity contribution in [2.24, 2.45) is 5.92 Å². The van der Waals surface area contributed by atoms with Gasteiger partial charge in [0.1, 0.15) is 17.3 Å². The van der Waals surface area contributed by atoms with Crippen molar-refractivity contribution in [3.63, 3.8) is 0 Å². The Hall–Kier alpha value is -3.32. The molecule has 3 rings (SSSR count). The van der Waals surface area contributed by atoms with Crippen LogP contribution < -0.4 is 9.47 Å². The molecule has 0 bridgehead atoms. The van der Waals surface area contributed by atoms with Gasteiger partial charge in [-0.15, -0.1) is 0 Å². The van der Waals surface area contributed by atoms with Crippen LogP contribution in [0.4, 0.5) is 0 Å². The molecule has 1 aliphatic heterocycles. The quantitative estimate of drug-likeness (QED) is 0.383. The van der Waals surface area contributed by atoms with E-state index in [0.29, 0.717) is 35.2 Å². The van der Waals surface area contributed by atoms with E-state index in [-0.39, 0.29) is 24.5 Å². The van der Waals surface area contributed by atoms with Crippen LogP contribution >= 0.6 is 0 Å². The molecule has 0 aliphatic carbocycles. The van der Waals surface area contributed by atoms with Gasteiger partial charge in [0.2, 0.25) is 0 Å². The van der Waals surface area contributed by atoms with Gasteiger partial charge in [-0.2, -0.15) is 0 Å². The second kappa shape index (κ2) is 9.66. The number of benzene rings is 2. The van der Waals surface area contributed by atoms with E-state index in [2.05, 4.69) is 0 Å².